The first-order valence-electron chi connectivity index (χ1n) is 9.70. The first-order valence-corrected chi connectivity index (χ1v) is 9.70. The molecule has 6 heteroatoms. The first-order chi connectivity index (χ1) is 13.4. The van der Waals surface area contributed by atoms with Gasteiger partial charge in [-0.2, -0.15) is 0 Å². The lowest BCUT2D eigenvalue weighted by Crippen LogP contribution is -2.34. The maximum absolute atomic E-state index is 12.4. The molecule has 2 heterocycles. The van der Waals surface area contributed by atoms with Gasteiger partial charge in [0.25, 0.3) is 0 Å². The third kappa shape index (κ3) is 4.03. The zero-order valence-corrected chi connectivity index (χ0v) is 16.0. The van der Waals surface area contributed by atoms with Crippen LogP contribution in [0.3, 0.4) is 0 Å². The Kier molecular flexibility index (Phi) is 5.08. The summed E-state index contributed by atoms with van der Waals surface area (Å²) in [6.07, 6.45) is 3.45. The summed E-state index contributed by atoms with van der Waals surface area (Å²) in [5, 5.41) is 20.4. The summed E-state index contributed by atoms with van der Waals surface area (Å²) >= 11 is 0. The number of aromatic nitrogens is 1. The van der Waals surface area contributed by atoms with Crippen LogP contribution in [-0.2, 0) is 6.42 Å². The van der Waals surface area contributed by atoms with E-state index in [9.17, 15) is 15.0 Å². The number of likely N-dealkylation sites (tertiary alicyclic amines) is 1. The maximum Gasteiger partial charge on any atom is 0.195 e. The smallest absolute Gasteiger partial charge is 0.195 e. The van der Waals surface area contributed by atoms with Crippen molar-refractivity contribution in [3.8, 4) is 11.5 Å². The first kappa shape index (κ1) is 18.9. The number of carbonyl (C=O) groups is 1. The molecule has 2 fully saturated rings. The molecule has 1 aromatic carbocycles. The predicted octanol–water partition coefficient (Wildman–Crippen LogP) is 2.29. The van der Waals surface area contributed by atoms with Crippen LogP contribution in [0, 0.1) is 11.8 Å². The number of hydrogen-bond acceptors (Lipinski definition) is 6. The summed E-state index contributed by atoms with van der Waals surface area (Å²) in [6, 6.07) is 10.9. The van der Waals surface area contributed by atoms with Crippen LogP contribution in [0.5, 0.6) is 11.5 Å². The van der Waals surface area contributed by atoms with E-state index in [0.717, 1.165) is 37.2 Å². The quantitative estimate of drug-likeness (QED) is 0.746. The van der Waals surface area contributed by atoms with Crippen LogP contribution in [0.2, 0.25) is 0 Å². The van der Waals surface area contributed by atoms with Crippen molar-refractivity contribution in [3.63, 3.8) is 0 Å². The Balaban J connectivity index is 1.33. The van der Waals surface area contributed by atoms with Gasteiger partial charge in [-0.05, 0) is 54.5 Å². The number of methoxy groups -OCH3 is 1. The molecule has 2 N–H and O–H groups in total. The van der Waals surface area contributed by atoms with Crippen LogP contribution in [0.25, 0.3) is 0 Å². The van der Waals surface area contributed by atoms with Gasteiger partial charge in [0.15, 0.2) is 5.78 Å². The highest BCUT2D eigenvalue weighted by Crippen LogP contribution is 2.45. The highest BCUT2D eigenvalue weighted by atomic mass is 16.5. The lowest BCUT2D eigenvalue weighted by Gasteiger charge is -2.26. The average Bonchev–Trinajstić information content (AvgIpc) is 3.16. The largest absolute Gasteiger partial charge is 0.506 e. The van der Waals surface area contributed by atoms with Crippen LogP contribution in [-0.4, -0.2) is 58.2 Å². The second kappa shape index (κ2) is 7.53. The molecule has 148 valence electrons. The van der Waals surface area contributed by atoms with E-state index >= 15 is 0 Å². The Labute approximate surface area is 164 Å². The minimum absolute atomic E-state index is 0.0355. The Bertz CT molecular complexity index is 838. The summed E-state index contributed by atoms with van der Waals surface area (Å²) < 4.78 is 5.28. The molecule has 1 aliphatic carbocycles. The number of aromatic hydroxyl groups is 1. The van der Waals surface area contributed by atoms with Crippen molar-refractivity contribution in [1.82, 2.24) is 9.88 Å². The molecule has 4 rings (SSSR count). The van der Waals surface area contributed by atoms with Gasteiger partial charge in [0.2, 0.25) is 0 Å². The van der Waals surface area contributed by atoms with Crippen LogP contribution in [0.4, 0.5) is 0 Å². The Hall–Kier alpha value is -2.44. The molecule has 2 aromatic rings. The minimum Gasteiger partial charge on any atom is -0.506 e. The van der Waals surface area contributed by atoms with Crippen molar-refractivity contribution < 1.29 is 19.7 Å². The fourth-order valence-corrected chi connectivity index (χ4v) is 4.83. The van der Waals surface area contributed by atoms with Gasteiger partial charge in [0.1, 0.15) is 17.2 Å². The van der Waals surface area contributed by atoms with Gasteiger partial charge in [0, 0.05) is 19.5 Å². The number of fused-ring (bicyclic) bond motifs is 1. The summed E-state index contributed by atoms with van der Waals surface area (Å²) in [4.78, 5) is 18.6. The van der Waals surface area contributed by atoms with E-state index in [1.165, 1.54) is 12.3 Å². The third-order valence-corrected chi connectivity index (χ3v) is 6.00. The van der Waals surface area contributed by atoms with Crippen LogP contribution < -0.4 is 4.74 Å². The topological polar surface area (TPSA) is 82.9 Å². The van der Waals surface area contributed by atoms with Crippen molar-refractivity contribution in [2.45, 2.75) is 24.9 Å². The molecule has 1 aromatic heterocycles. The highest BCUT2D eigenvalue weighted by Gasteiger charge is 2.48. The number of pyridine rings is 1. The number of nitrogens with zero attached hydrogens (tertiary/aromatic N) is 2. The lowest BCUT2D eigenvalue weighted by molar-refractivity contribution is 0.0355. The van der Waals surface area contributed by atoms with Crippen molar-refractivity contribution >= 4 is 5.78 Å². The Morgan fingerprint density at radius 3 is 2.64 bits per heavy atom. The number of aliphatic hydroxyl groups is 1. The van der Waals surface area contributed by atoms with E-state index in [1.807, 2.05) is 24.3 Å². The summed E-state index contributed by atoms with van der Waals surface area (Å²) in [6.45, 7) is 1.99. The SMILES string of the molecule is COc1cccc(C[C@]2(O)C[C@H]3CN(CC(=O)c4ccc(O)cn4)C[C@H]3C2)c1. The van der Waals surface area contributed by atoms with E-state index in [-0.39, 0.29) is 11.5 Å². The molecule has 6 nitrogen and oxygen atoms in total. The average molecular weight is 382 g/mol. The van der Waals surface area contributed by atoms with E-state index < -0.39 is 5.60 Å². The molecular weight excluding hydrogens is 356 g/mol. The predicted molar refractivity (Wildman–Crippen MR) is 105 cm³/mol. The number of carbonyl (C=O) groups excluding carboxylic acids is 1. The van der Waals surface area contributed by atoms with E-state index in [2.05, 4.69) is 9.88 Å². The second-order valence-corrected chi connectivity index (χ2v) is 8.20. The minimum atomic E-state index is -0.684. The lowest BCUT2D eigenvalue weighted by atomic mass is 9.91. The fourth-order valence-electron chi connectivity index (χ4n) is 4.83. The molecule has 0 amide bonds. The van der Waals surface area contributed by atoms with Gasteiger partial charge in [-0.15, -0.1) is 0 Å². The van der Waals surface area contributed by atoms with Crippen LogP contribution >= 0.6 is 0 Å². The van der Waals surface area contributed by atoms with E-state index in [4.69, 9.17) is 4.74 Å². The van der Waals surface area contributed by atoms with Crippen LogP contribution in [0.15, 0.2) is 42.6 Å². The van der Waals surface area contributed by atoms with Gasteiger partial charge in [-0.1, -0.05) is 12.1 Å². The summed E-state index contributed by atoms with van der Waals surface area (Å²) in [7, 11) is 1.65. The Morgan fingerprint density at radius 2 is 2.00 bits per heavy atom. The fraction of sp³-hybridized carbons (Fsp3) is 0.455. The van der Waals surface area contributed by atoms with E-state index in [1.54, 1.807) is 13.2 Å². The maximum atomic E-state index is 12.4. The standard InChI is InChI=1S/C22H26N2O4/c1-28-19-4-2-3-15(7-19)8-22(27)9-16-12-24(13-17(16)10-22)14-21(26)20-6-5-18(25)11-23-20/h2-7,11,16-17,25,27H,8-10,12-14H2,1H3/t16-,17+,22-. The molecule has 0 unspecified atom stereocenters. The summed E-state index contributed by atoms with van der Waals surface area (Å²) in [5.74, 6) is 1.66. The van der Waals surface area contributed by atoms with Gasteiger partial charge in [0.05, 0.1) is 25.5 Å². The molecule has 0 radical (unpaired) electrons. The van der Waals surface area contributed by atoms with Crippen molar-refractivity contribution in [2.24, 2.45) is 11.8 Å². The van der Waals surface area contributed by atoms with Gasteiger partial charge < -0.3 is 14.9 Å². The molecular formula is C22H26N2O4. The molecule has 28 heavy (non-hydrogen) atoms. The highest BCUT2D eigenvalue weighted by molar-refractivity contribution is 5.95. The number of benzene rings is 1. The molecule has 0 bridgehead atoms. The number of Topliss-reactive ketones (excluding diaryl/α,β-unsaturated/α-hetero) is 1. The monoisotopic (exact) mass is 382 g/mol. The number of ether oxygens (including phenoxy) is 1. The third-order valence-electron chi connectivity index (χ3n) is 6.00. The van der Waals surface area contributed by atoms with Crippen molar-refractivity contribution in [2.75, 3.05) is 26.7 Å². The van der Waals surface area contributed by atoms with Gasteiger partial charge in [-0.25, -0.2) is 4.98 Å². The number of rotatable bonds is 6. The number of ketones is 1. The van der Waals surface area contributed by atoms with E-state index in [0.29, 0.717) is 30.5 Å². The van der Waals surface area contributed by atoms with Gasteiger partial charge in [-0.3, -0.25) is 9.69 Å². The van der Waals surface area contributed by atoms with Crippen molar-refractivity contribution in [3.05, 3.63) is 53.9 Å². The zero-order chi connectivity index (χ0) is 19.7. The second-order valence-electron chi connectivity index (χ2n) is 8.20. The summed E-state index contributed by atoms with van der Waals surface area (Å²) in [5.41, 5.74) is 0.785. The normalized spacial score (nSPS) is 26.9. The molecule has 1 aliphatic heterocycles. The molecule has 0 spiro atoms. The molecule has 1 saturated carbocycles. The van der Waals surface area contributed by atoms with Crippen molar-refractivity contribution in [1.29, 1.82) is 0 Å². The van der Waals surface area contributed by atoms with Gasteiger partial charge >= 0.3 is 0 Å². The zero-order valence-electron chi connectivity index (χ0n) is 16.0. The molecule has 3 atom stereocenters. The van der Waals surface area contributed by atoms with Crippen LogP contribution in [0.1, 0.15) is 28.9 Å². The number of hydrogen-bond donors (Lipinski definition) is 2. The Morgan fingerprint density at radius 1 is 1.25 bits per heavy atom. The molecule has 2 aliphatic rings. The molecule has 1 saturated heterocycles.